The maximum absolute atomic E-state index is 11.6. The fourth-order valence-corrected chi connectivity index (χ4v) is 1.43. The van der Waals surface area contributed by atoms with Gasteiger partial charge in [0, 0.05) is 19.0 Å². The van der Waals surface area contributed by atoms with Crippen LogP contribution in [0.2, 0.25) is 0 Å². The van der Waals surface area contributed by atoms with E-state index in [-0.39, 0.29) is 37.9 Å². The van der Waals surface area contributed by atoms with Crippen LogP contribution in [0.5, 0.6) is 0 Å². The third-order valence-electron chi connectivity index (χ3n) is 3.98. The first kappa shape index (κ1) is 27.8. The summed E-state index contributed by atoms with van der Waals surface area (Å²) >= 11 is 0. The predicted octanol–water partition coefficient (Wildman–Crippen LogP) is 2.12. The number of hydrogen-bond acceptors (Lipinski definition) is 6. The van der Waals surface area contributed by atoms with E-state index >= 15 is 0 Å². The molecule has 28 heavy (non-hydrogen) atoms. The third-order valence-corrected chi connectivity index (χ3v) is 3.98. The third kappa shape index (κ3) is 15.8. The molecule has 0 fully saturated rings. The molecule has 0 aliphatic carbocycles. The summed E-state index contributed by atoms with van der Waals surface area (Å²) in [5.74, 6) is -1.04. The maximum atomic E-state index is 11.6. The van der Waals surface area contributed by atoms with Crippen LogP contribution in [0.3, 0.4) is 0 Å². The van der Waals surface area contributed by atoms with E-state index in [1.807, 2.05) is 20.8 Å². The molecule has 0 bridgehead atoms. The van der Waals surface area contributed by atoms with Crippen molar-refractivity contribution in [2.75, 3.05) is 19.8 Å². The maximum Gasteiger partial charge on any atom is 0.311 e. The average molecular weight is 401 g/mol. The lowest BCUT2D eigenvalue weighted by atomic mass is 9.91. The molecule has 162 valence electrons. The Morgan fingerprint density at radius 3 is 2.18 bits per heavy atom. The van der Waals surface area contributed by atoms with Crippen molar-refractivity contribution in [3.63, 3.8) is 0 Å². The lowest BCUT2D eigenvalue weighted by Crippen LogP contribution is -2.27. The van der Waals surface area contributed by atoms with Gasteiger partial charge in [-0.1, -0.05) is 19.9 Å². The lowest BCUT2D eigenvalue weighted by molar-refractivity contribution is -0.159. The minimum atomic E-state index is -0.534. The van der Waals surface area contributed by atoms with Crippen LogP contribution in [0, 0.1) is 5.41 Å². The molecule has 0 saturated carbocycles. The van der Waals surface area contributed by atoms with Gasteiger partial charge in [-0.3, -0.25) is 19.2 Å². The van der Waals surface area contributed by atoms with Gasteiger partial charge < -0.3 is 20.1 Å². The first-order valence-corrected chi connectivity index (χ1v) is 9.54. The molecule has 0 aromatic carbocycles. The fraction of sp³-hybridized carbons (Fsp3) is 0.700. The molecule has 8 nitrogen and oxygen atoms in total. The quantitative estimate of drug-likeness (QED) is 0.212. The molecule has 0 aromatic heterocycles. The van der Waals surface area contributed by atoms with Crippen molar-refractivity contribution in [1.29, 1.82) is 0 Å². The molecule has 1 unspecified atom stereocenters. The SMILES string of the molecule is C=CCNC(=O)CCC(=O)OCCOC(=O)C(C)(C)CC.CCC(C)NC=O. The Balaban J connectivity index is 0. The minimum Gasteiger partial charge on any atom is -0.462 e. The molecule has 0 rings (SSSR count). The first-order valence-electron chi connectivity index (χ1n) is 9.54. The van der Waals surface area contributed by atoms with Gasteiger partial charge in [-0.05, 0) is 33.6 Å². The summed E-state index contributed by atoms with van der Waals surface area (Å²) in [4.78, 5) is 43.9. The van der Waals surface area contributed by atoms with Gasteiger partial charge in [0.1, 0.15) is 13.2 Å². The summed E-state index contributed by atoms with van der Waals surface area (Å²) in [7, 11) is 0. The number of hydrogen-bond donors (Lipinski definition) is 2. The molecular formula is C20H36N2O6. The number of rotatable bonds is 13. The Morgan fingerprint density at radius 1 is 1.11 bits per heavy atom. The van der Waals surface area contributed by atoms with E-state index < -0.39 is 11.4 Å². The van der Waals surface area contributed by atoms with Crippen molar-refractivity contribution >= 4 is 24.3 Å². The second-order valence-electron chi connectivity index (χ2n) is 6.78. The van der Waals surface area contributed by atoms with Crippen molar-refractivity contribution in [3.05, 3.63) is 12.7 Å². The Kier molecular flexibility index (Phi) is 16.7. The summed E-state index contributed by atoms with van der Waals surface area (Å²) in [5, 5.41) is 5.17. The summed E-state index contributed by atoms with van der Waals surface area (Å²) in [5.41, 5.74) is -0.534. The zero-order valence-electron chi connectivity index (χ0n) is 17.8. The van der Waals surface area contributed by atoms with E-state index in [9.17, 15) is 19.2 Å². The Labute approximate surface area is 168 Å². The van der Waals surface area contributed by atoms with Crippen LogP contribution in [0.15, 0.2) is 12.7 Å². The zero-order chi connectivity index (χ0) is 22.0. The normalized spacial score (nSPS) is 11.2. The number of carbonyl (C=O) groups is 4. The van der Waals surface area contributed by atoms with Gasteiger partial charge in [-0.2, -0.15) is 0 Å². The fourth-order valence-electron chi connectivity index (χ4n) is 1.43. The highest BCUT2D eigenvalue weighted by molar-refractivity contribution is 5.81. The van der Waals surface area contributed by atoms with Gasteiger partial charge in [0.2, 0.25) is 12.3 Å². The Morgan fingerprint density at radius 2 is 1.71 bits per heavy atom. The lowest BCUT2D eigenvalue weighted by Gasteiger charge is -2.20. The molecule has 2 amide bonds. The highest BCUT2D eigenvalue weighted by Crippen LogP contribution is 2.21. The molecule has 2 N–H and O–H groups in total. The molecular weight excluding hydrogens is 364 g/mol. The monoisotopic (exact) mass is 400 g/mol. The van der Waals surface area contributed by atoms with Gasteiger partial charge in [0.15, 0.2) is 0 Å². The molecule has 0 aliphatic heterocycles. The van der Waals surface area contributed by atoms with E-state index in [4.69, 9.17) is 9.47 Å². The number of nitrogens with one attached hydrogen (secondary N) is 2. The van der Waals surface area contributed by atoms with E-state index in [0.717, 1.165) is 12.8 Å². The van der Waals surface area contributed by atoms with Crippen LogP contribution in [0.25, 0.3) is 0 Å². The van der Waals surface area contributed by atoms with Gasteiger partial charge in [0.25, 0.3) is 0 Å². The predicted molar refractivity (Wildman–Crippen MR) is 107 cm³/mol. The van der Waals surface area contributed by atoms with Crippen molar-refractivity contribution in [2.24, 2.45) is 5.41 Å². The minimum absolute atomic E-state index is 0.00134. The number of carbonyl (C=O) groups excluding carboxylic acids is 4. The Bertz CT molecular complexity index is 491. The molecule has 0 heterocycles. The average Bonchev–Trinajstić information content (AvgIpc) is 2.68. The van der Waals surface area contributed by atoms with E-state index in [1.165, 1.54) is 0 Å². The molecule has 0 spiro atoms. The standard InChI is InChI=1S/C15H25NO5.C5H11NO/c1-5-9-16-12(17)7-8-13(18)20-10-11-21-14(19)15(3,4)6-2;1-3-5(2)6-4-7/h5H,1,6-11H2,2-4H3,(H,16,17);4-5H,3H2,1-2H3,(H,6,7). The second-order valence-corrected chi connectivity index (χ2v) is 6.78. The van der Waals surface area contributed by atoms with Gasteiger partial charge in [0.05, 0.1) is 11.8 Å². The van der Waals surface area contributed by atoms with Crippen LogP contribution in [0.1, 0.15) is 60.3 Å². The van der Waals surface area contributed by atoms with Crippen molar-refractivity contribution in [2.45, 2.75) is 66.3 Å². The van der Waals surface area contributed by atoms with Gasteiger partial charge >= 0.3 is 11.9 Å². The largest absolute Gasteiger partial charge is 0.462 e. The Hall–Kier alpha value is -2.38. The summed E-state index contributed by atoms with van der Waals surface area (Å²) in [6.45, 7) is 13.3. The van der Waals surface area contributed by atoms with Gasteiger partial charge in [-0.15, -0.1) is 6.58 Å². The number of esters is 2. The summed E-state index contributed by atoms with van der Waals surface area (Å²) in [6, 6.07) is 0.331. The van der Waals surface area contributed by atoms with Crippen LogP contribution in [-0.2, 0) is 28.7 Å². The smallest absolute Gasteiger partial charge is 0.311 e. The summed E-state index contributed by atoms with van der Waals surface area (Å²) in [6.07, 6.45) is 4.02. The van der Waals surface area contributed by atoms with Crippen LogP contribution >= 0.6 is 0 Å². The van der Waals surface area contributed by atoms with Crippen molar-refractivity contribution in [1.82, 2.24) is 10.6 Å². The first-order chi connectivity index (χ1) is 13.1. The molecule has 0 saturated heterocycles. The number of amides is 2. The molecule has 0 aromatic rings. The van der Waals surface area contributed by atoms with Crippen LogP contribution in [-0.4, -0.2) is 50.1 Å². The van der Waals surface area contributed by atoms with Crippen molar-refractivity contribution < 1.29 is 28.7 Å². The molecule has 8 heteroatoms. The van der Waals surface area contributed by atoms with Crippen LogP contribution < -0.4 is 10.6 Å². The molecule has 0 aliphatic rings. The zero-order valence-corrected chi connectivity index (χ0v) is 17.8. The van der Waals surface area contributed by atoms with E-state index in [1.54, 1.807) is 19.9 Å². The molecule has 1 atom stereocenters. The van der Waals surface area contributed by atoms with E-state index in [0.29, 0.717) is 19.0 Å². The highest BCUT2D eigenvalue weighted by atomic mass is 16.6. The highest BCUT2D eigenvalue weighted by Gasteiger charge is 2.26. The van der Waals surface area contributed by atoms with Crippen molar-refractivity contribution in [3.8, 4) is 0 Å². The summed E-state index contributed by atoms with van der Waals surface area (Å²) < 4.78 is 9.90. The molecule has 0 radical (unpaired) electrons. The van der Waals surface area contributed by atoms with Gasteiger partial charge in [-0.25, -0.2) is 0 Å². The van der Waals surface area contributed by atoms with Crippen LogP contribution in [0.4, 0.5) is 0 Å². The second kappa shape index (κ2) is 16.8. The van der Waals surface area contributed by atoms with E-state index in [2.05, 4.69) is 17.2 Å². The number of ether oxygens (including phenoxy) is 2. The topological polar surface area (TPSA) is 111 Å².